The first-order valence-corrected chi connectivity index (χ1v) is 11.3. The average molecular weight is 453 g/mol. The van der Waals surface area contributed by atoms with Crippen LogP contribution in [-0.4, -0.2) is 41.4 Å². The molecular weight excluding hydrogens is 417 g/mol. The lowest BCUT2D eigenvalue weighted by Crippen LogP contribution is -2.28. The smallest absolute Gasteiger partial charge is 0.481 e. The first-order chi connectivity index (χ1) is 14.6. The van der Waals surface area contributed by atoms with Crippen molar-refractivity contribution in [3.8, 4) is 0 Å². The molecule has 1 saturated heterocycles. The SMILES string of the molecule is C[C@H](CCCCCCCCCCCCC[C@H]1OC(=O)C[C@@H]1C(=O)O)OC(=O)C(F)(F)F. The predicted molar refractivity (Wildman–Crippen MR) is 107 cm³/mol. The molecule has 3 atom stereocenters. The van der Waals surface area contributed by atoms with Crippen LogP contribution in [0.25, 0.3) is 0 Å². The van der Waals surface area contributed by atoms with Gasteiger partial charge in [-0.2, -0.15) is 13.2 Å². The number of cyclic esters (lactones) is 1. The molecule has 1 N–H and O–H groups in total. The Balaban J connectivity index is 1.88. The van der Waals surface area contributed by atoms with E-state index in [0.717, 1.165) is 70.6 Å². The van der Waals surface area contributed by atoms with Crippen LogP contribution in [0.4, 0.5) is 13.2 Å². The molecular formula is C22H35F3O6. The lowest BCUT2D eigenvalue weighted by atomic mass is 9.96. The number of hydrogen-bond donors (Lipinski definition) is 1. The number of esters is 2. The summed E-state index contributed by atoms with van der Waals surface area (Å²) in [4.78, 5) is 33.1. The van der Waals surface area contributed by atoms with Crippen molar-refractivity contribution in [2.45, 2.75) is 115 Å². The summed E-state index contributed by atoms with van der Waals surface area (Å²) in [6, 6.07) is 0. The van der Waals surface area contributed by atoms with Gasteiger partial charge >= 0.3 is 24.1 Å². The fourth-order valence-electron chi connectivity index (χ4n) is 3.79. The van der Waals surface area contributed by atoms with E-state index in [4.69, 9.17) is 9.84 Å². The minimum Gasteiger partial charge on any atom is -0.481 e. The van der Waals surface area contributed by atoms with Crippen molar-refractivity contribution < 1.29 is 42.1 Å². The van der Waals surface area contributed by atoms with Crippen LogP contribution in [0.3, 0.4) is 0 Å². The molecule has 0 aromatic carbocycles. The standard InChI is InChI=1S/C22H35F3O6/c1-16(30-21(29)22(23,24)25)13-11-9-7-5-3-2-4-6-8-10-12-14-18-17(20(27)28)15-19(26)31-18/h16-18H,2-15H2,1H3,(H,27,28)/t16-,17+,18-/m1/s1. The summed E-state index contributed by atoms with van der Waals surface area (Å²) in [6.45, 7) is 1.48. The number of rotatable bonds is 16. The molecule has 0 aromatic heterocycles. The number of carbonyl (C=O) groups is 3. The zero-order valence-corrected chi connectivity index (χ0v) is 18.3. The highest BCUT2D eigenvalue weighted by atomic mass is 19.4. The lowest BCUT2D eigenvalue weighted by Gasteiger charge is -2.14. The first kappa shape index (κ1) is 27.2. The Morgan fingerprint density at radius 2 is 1.48 bits per heavy atom. The van der Waals surface area contributed by atoms with E-state index in [9.17, 15) is 27.6 Å². The number of unbranched alkanes of at least 4 members (excludes halogenated alkanes) is 10. The number of carboxylic acid groups (broad SMARTS) is 1. The Hall–Kier alpha value is -1.80. The molecule has 1 fully saturated rings. The van der Waals surface area contributed by atoms with Crippen molar-refractivity contribution in [1.29, 1.82) is 0 Å². The number of alkyl halides is 3. The Labute approximate surface area is 181 Å². The molecule has 0 radical (unpaired) electrons. The minimum absolute atomic E-state index is 0.0233. The predicted octanol–water partition coefficient (Wildman–Crippen LogP) is 5.57. The van der Waals surface area contributed by atoms with Crippen LogP contribution in [-0.2, 0) is 23.9 Å². The molecule has 1 aliphatic rings. The molecule has 0 aromatic rings. The second-order valence-corrected chi connectivity index (χ2v) is 8.36. The van der Waals surface area contributed by atoms with Crippen LogP contribution >= 0.6 is 0 Å². The molecule has 0 amide bonds. The maximum Gasteiger partial charge on any atom is 0.490 e. The van der Waals surface area contributed by atoms with Crippen LogP contribution in [0.1, 0.15) is 96.8 Å². The third kappa shape index (κ3) is 12.0. The number of ether oxygens (including phenoxy) is 2. The second-order valence-electron chi connectivity index (χ2n) is 8.36. The number of halogens is 3. The van der Waals surface area contributed by atoms with E-state index < -0.39 is 42.2 Å². The molecule has 1 heterocycles. The highest BCUT2D eigenvalue weighted by Gasteiger charge is 2.41. The van der Waals surface area contributed by atoms with Gasteiger partial charge in [0.2, 0.25) is 0 Å². The molecule has 0 saturated carbocycles. The molecule has 0 aliphatic carbocycles. The van der Waals surface area contributed by atoms with Crippen molar-refractivity contribution in [2.75, 3.05) is 0 Å². The van der Waals surface area contributed by atoms with E-state index in [2.05, 4.69) is 4.74 Å². The summed E-state index contributed by atoms with van der Waals surface area (Å²) in [5.74, 6) is -4.20. The number of hydrogen-bond acceptors (Lipinski definition) is 5. The molecule has 0 spiro atoms. The maximum atomic E-state index is 12.1. The zero-order chi connectivity index (χ0) is 23.3. The summed E-state index contributed by atoms with van der Waals surface area (Å²) in [5, 5.41) is 9.09. The van der Waals surface area contributed by atoms with Gasteiger partial charge in [0.1, 0.15) is 12.0 Å². The molecule has 9 heteroatoms. The van der Waals surface area contributed by atoms with Crippen LogP contribution in [0.15, 0.2) is 0 Å². The molecule has 180 valence electrons. The Morgan fingerprint density at radius 3 is 1.97 bits per heavy atom. The van der Waals surface area contributed by atoms with Gasteiger partial charge in [-0.05, 0) is 32.6 Å². The van der Waals surface area contributed by atoms with Gasteiger partial charge < -0.3 is 14.6 Å². The quantitative estimate of drug-likeness (QED) is 0.243. The molecule has 0 unspecified atom stereocenters. The van der Waals surface area contributed by atoms with Crippen molar-refractivity contribution in [3.63, 3.8) is 0 Å². The Bertz CT molecular complexity index is 564. The van der Waals surface area contributed by atoms with E-state index in [-0.39, 0.29) is 6.42 Å². The Kier molecular flexibility index (Phi) is 12.6. The van der Waals surface area contributed by atoms with Crippen molar-refractivity contribution in [3.05, 3.63) is 0 Å². The highest BCUT2D eigenvalue weighted by molar-refractivity contribution is 5.82. The number of aliphatic carboxylic acids is 1. The lowest BCUT2D eigenvalue weighted by molar-refractivity contribution is -0.204. The molecule has 6 nitrogen and oxygen atoms in total. The topological polar surface area (TPSA) is 89.9 Å². The van der Waals surface area contributed by atoms with Gasteiger partial charge in [-0.25, -0.2) is 4.79 Å². The average Bonchev–Trinajstić information content (AvgIpc) is 3.05. The molecule has 31 heavy (non-hydrogen) atoms. The zero-order valence-electron chi connectivity index (χ0n) is 18.3. The fourth-order valence-corrected chi connectivity index (χ4v) is 3.79. The van der Waals surface area contributed by atoms with E-state index in [1.807, 2.05) is 0 Å². The van der Waals surface area contributed by atoms with Gasteiger partial charge in [0.05, 0.1) is 12.5 Å². The van der Waals surface area contributed by atoms with Gasteiger partial charge in [0.15, 0.2) is 0 Å². The summed E-state index contributed by atoms with van der Waals surface area (Å²) < 4.78 is 45.7. The summed E-state index contributed by atoms with van der Waals surface area (Å²) >= 11 is 0. The van der Waals surface area contributed by atoms with Crippen LogP contribution in [0, 0.1) is 5.92 Å². The minimum atomic E-state index is -4.93. The van der Waals surface area contributed by atoms with Crippen molar-refractivity contribution >= 4 is 17.9 Å². The second kappa shape index (κ2) is 14.3. The van der Waals surface area contributed by atoms with Crippen molar-refractivity contribution in [2.24, 2.45) is 5.92 Å². The summed E-state index contributed by atoms with van der Waals surface area (Å²) in [6.07, 6.45) is 6.11. The van der Waals surface area contributed by atoms with Crippen LogP contribution < -0.4 is 0 Å². The maximum absolute atomic E-state index is 12.1. The number of carbonyl (C=O) groups excluding carboxylic acids is 2. The molecule has 1 aliphatic heterocycles. The van der Waals surface area contributed by atoms with Crippen LogP contribution in [0.5, 0.6) is 0 Å². The summed E-state index contributed by atoms with van der Waals surface area (Å²) in [7, 11) is 0. The van der Waals surface area contributed by atoms with Gasteiger partial charge in [-0.15, -0.1) is 0 Å². The Morgan fingerprint density at radius 1 is 1.00 bits per heavy atom. The normalized spacial score (nSPS) is 19.8. The van der Waals surface area contributed by atoms with Gasteiger partial charge in [0.25, 0.3) is 0 Å². The fraction of sp³-hybridized carbons (Fsp3) is 0.864. The van der Waals surface area contributed by atoms with Crippen LogP contribution in [0.2, 0.25) is 0 Å². The number of carboxylic acids is 1. The van der Waals surface area contributed by atoms with E-state index in [1.54, 1.807) is 0 Å². The monoisotopic (exact) mass is 452 g/mol. The van der Waals surface area contributed by atoms with E-state index >= 15 is 0 Å². The molecule has 0 bridgehead atoms. The highest BCUT2D eigenvalue weighted by Crippen LogP contribution is 2.27. The van der Waals surface area contributed by atoms with Crippen molar-refractivity contribution in [1.82, 2.24) is 0 Å². The van der Waals surface area contributed by atoms with Gasteiger partial charge in [0, 0.05) is 0 Å². The first-order valence-electron chi connectivity index (χ1n) is 11.3. The van der Waals surface area contributed by atoms with E-state index in [1.165, 1.54) is 6.92 Å². The van der Waals surface area contributed by atoms with Gasteiger partial charge in [-0.1, -0.05) is 57.8 Å². The van der Waals surface area contributed by atoms with E-state index in [0.29, 0.717) is 12.8 Å². The molecule has 1 rings (SSSR count). The third-order valence-corrected chi connectivity index (χ3v) is 5.57. The third-order valence-electron chi connectivity index (χ3n) is 5.57. The van der Waals surface area contributed by atoms with Gasteiger partial charge in [-0.3, -0.25) is 9.59 Å². The largest absolute Gasteiger partial charge is 0.490 e. The summed E-state index contributed by atoms with van der Waals surface area (Å²) in [5.41, 5.74) is 0.